The Balaban J connectivity index is 0. The van der Waals surface area contributed by atoms with Crippen molar-refractivity contribution in [3.63, 3.8) is 0 Å². The lowest BCUT2D eigenvalue weighted by Crippen LogP contribution is -1.90. The third-order valence-electron chi connectivity index (χ3n) is 0.498. The quantitative estimate of drug-likeness (QED) is 0.557. The molecular formula is C5H11ClN2. The molecule has 0 spiro atoms. The zero-order valence-electron chi connectivity index (χ0n) is 5.09. The Kier molecular flexibility index (Phi) is 12.7. The largest absolute Gasteiger partial charge is 0.394 e. The molecule has 0 rings (SSSR count). The molecule has 0 saturated carbocycles. The fourth-order valence-corrected chi connectivity index (χ4v) is 0.225. The van der Waals surface area contributed by atoms with Gasteiger partial charge in [-0.2, -0.15) is 0 Å². The molecule has 0 aliphatic carbocycles. The van der Waals surface area contributed by atoms with Crippen molar-refractivity contribution < 1.29 is 0 Å². The van der Waals surface area contributed by atoms with Crippen molar-refractivity contribution >= 4 is 18.6 Å². The van der Waals surface area contributed by atoms with Gasteiger partial charge in [0, 0.05) is 20.3 Å². The number of rotatable bonds is 2. The molecule has 0 aliphatic heterocycles. The van der Waals surface area contributed by atoms with Crippen molar-refractivity contribution in [1.29, 1.82) is 0 Å². The van der Waals surface area contributed by atoms with Crippen LogP contribution in [0.15, 0.2) is 17.3 Å². The molecule has 2 nitrogen and oxygen atoms in total. The predicted molar refractivity (Wildman–Crippen MR) is 39.9 cm³/mol. The highest BCUT2D eigenvalue weighted by atomic mass is 35.5. The van der Waals surface area contributed by atoms with E-state index in [1.807, 2.05) is 19.3 Å². The van der Waals surface area contributed by atoms with Crippen LogP contribution in [0, 0.1) is 0 Å². The van der Waals surface area contributed by atoms with Crippen LogP contribution in [-0.2, 0) is 0 Å². The lowest BCUT2D eigenvalue weighted by atomic mass is 10.6. The molecule has 8 heavy (non-hydrogen) atoms. The summed E-state index contributed by atoms with van der Waals surface area (Å²) >= 11 is 0. The Morgan fingerprint density at radius 2 is 2.12 bits per heavy atom. The summed E-state index contributed by atoms with van der Waals surface area (Å²) in [4.78, 5) is 3.72. The fraction of sp³-hybridized carbons (Fsp3) is 0.400. The first kappa shape index (κ1) is 10.5. The number of halogens is 1. The first-order valence-electron chi connectivity index (χ1n) is 2.16. The van der Waals surface area contributed by atoms with Gasteiger partial charge in [0.2, 0.25) is 0 Å². The molecule has 0 aliphatic rings. The van der Waals surface area contributed by atoms with E-state index in [-0.39, 0.29) is 12.4 Å². The van der Waals surface area contributed by atoms with Crippen LogP contribution in [0.3, 0.4) is 0 Å². The Labute approximate surface area is 56.1 Å². The van der Waals surface area contributed by atoms with Crippen LogP contribution in [0.1, 0.15) is 0 Å². The van der Waals surface area contributed by atoms with Crippen molar-refractivity contribution in [2.45, 2.75) is 0 Å². The minimum Gasteiger partial charge on any atom is -0.394 e. The molecule has 3 heteroatoms. The standard InChI is InChI=1S/C5H10N2.ClH/c1-6-4-3-5-7-2;/h3-6H,1-2H3;1H/b4-3-,7-5+;. The van der Waals surface area contributed by atoms with E-state index < -0.39 is 0 Å². The highest BCUT2D eigenvalue weighted by molar-refractivity contribution is 5.85. The van der Waals surface area contributed by atoms with E-state index in [1.54, 1.807) is 13.3 Å². The number of nitrogens with one attached hydrogen (secondary N) is 1. The Morgan fingerprint density at radius 3 is 2.50 bits per heavy atom. The lowest BCUT2D eigenvalue weighted by molar-refractivity contribution is 1.11. The van der Waals surface area contributed by atoms with E-state index in [0.717, 1.165) is 0 Å². The summed E-state index contributed by atoms with van der Waals surface area (Å²) in [6, 6.07) is 0. The van der Waals surface area contributed by atoms with Crippen molar-refractivity contribution in [3.05, 3.63) is 12.3 Å². The van der Waals surface area contributed by atoms with Gasteiger partial charge in [-0.05, 0) is 12.3 Å². The monoisotopic (exact) mass is 134 g/mol. The van der Waals surface area contributed by atoms with Crippen molar-refractivity contribution in [2.75, 3.05) is 14.1 Å². The Morgan fingerprint density at radius 1 is 1.50 bits per heavy atom. The summed E-state index contributed by atoms with van der Waals surface area (Å²) in [7, 11) is 3.58. The fourth-order valence-electron chi connectivity index (χ4n) is 0.225. The lowest BCUT2D eigenvalue weighted by Gasteiger charge is -1.77. The highest BCUT2D eigenvalue weighted by Gasteiger charge is 1.54. The van der Waals surface area contributed by atoms with E-state index in [1.165, 1.54) is 0 Å². The maximum atomic E-state index is 3.72. The van der Waals surface area contributed by atoms with Gasteiger partial charge in [0.15, 0.2) is 0 Å². The molecule has 0 aromatic carbocycles. The van der Waals surface area contributed by atoms with Crippen molar-refractivity contribution in [3.8, 4) is 0 Å². The van der Waals surface area contributed by atoms with Gasteiger partial charge < -0.3 is 5.32 Å². The SMILES string of the molecule is C/N=C/C=C\NC.Cl. The average Bonchev–Trinajstić information content (AvgIpc) is 1.69. The van der Waals surface area contributed by atoms with Crippen molar-refractivity contribution in [1.82, 2.24) is 5.32 Å². The molecule has 1 N–H and O–H groups in total. The van der Waals surface area contributed by atoms with Gasteiger partial charge in [-0.3, -0.25) is 4.99 Å². The smallest absolute Gasteiger partial charge is 0.0277 e. The third-order valence-corrected chi connectivity index (χ3v) is 0.498. The molecule has 0 aromatic rings. The number of hydrogen-bond acceptors (Lipinski definition) is 2. The van der Waals surface area contributed by atoms with Crippen LogP contribution in [0.4, 0.5) is 0 Å². The van der Waals surface area contributed by atoms with Gasteiger partial charge in [-0.1, -0.05) is 0 Å². The van der Waals surface area contributed by atoms with Gasteiger partial charge in [0.25, 0.3) is 0 Å². The molecule has 0 unspecified atom stereocenters. The summed E-state index contributed by atoms with van der Waals surface area (Å²) in [6.07, 6.45) is 5.36. The third kappa shape index (κ3) is 9.09. The molecule has 0 bridgehead atoms. The van der Waals surface area contributed by atoms with Gasteiger partial charge in [0.1, 0.15) is 0 Å². The summed E-state index contributed by atoms with van der Waals surface area (Å²) < 4.78 is 0. The Bertz CT molecular complexity index is 78.5. The second-order valence-electron chi connectivity index (χ2n) is 1.06. The minimum absolute atomic E-state index is 0. The van der Waals surface area contributed by atoms with Gasteiger partial charge in [0.05, 0.1) is 0 Å². The molecule has 0 amide bonds. The summed E-state index contributed by atoms with van der Waals surface area (Å²) in [5.74, 6) is 0. The number of nitrogens with zero attached hydrogens (tertiary/aromatic N) is 1. The van der Waals surface area contributed by atoms with Crippen LogP contribution < -0.4 is 5.32 Å². The van der Waals surface area contributed by atoms with Crippen LogP contribution in [0.5, 0.6) is 0 Å². The van der Waals surface area contributed by atoms with Crippen LogP contribution in [0.2, 0.25) is 0 Å². The molecule has 0 aromatic heterocycles. The van der Waals surface area contributed by atoms with E-state index >= 15 is 0 Å². The van der Waals surface area contributed by atoms with Gasteiger partial charge in [-0.15, -0.1) is 12.4 Å². The second kappa shape index (κ2) is 9.71. The van der Waals surface area contributed by atoms with Crippen LogP contribution in [-0.4, -0.2) is 20.3 Å². The first-order chi connectivity index (χ1) is 3.41. The molecule has 0 radical (unpaired) electrons. The maximum absolute atomic E-state index is 3.72. The van der Waals surface area contributed by atoms with Gasteiger partial charge >= 0.3 is 0 Å². The van der Waals surface area contributed by atoms with E-state index in [4.69, 9.17) is 0 Å². The maximum Gasteiger partial charge on any atom is 0.0277 e. The zero-order valence-corrected chi connectivity index (χ0v) is 5.90. The van der Waals surface area contributed by atoms with Crippen LogP contribution in [0.25, 0.3) is 0 Å². The Hall–Kier alpha value is -0.500. The number of allylic oxidation sites excluding steroid dienone is 1. The number of hydrogen-bond donors (Lipinski definition) is 1. The number of aliphatic imine (C=N–C) groups is 1. The molecule has 0 heterocycles. The normalized spacial score (nSPS) is 9.75. The van der Waals surface area contributed by atoms with Crippen LogP contribution >= 0.6 is 12.4 Å². The summed E-state index contributed by atoms with van der Waals surface area (Å²) in [5, 5.41) is 2.83. The second-order valence-corrected chi connectivity index (χ2v) is 1.06. The molecule has 0 fully saturated rings. The minimum atomic E-state index is 0. The average molecular weight is 135 g/mol. The van der Waals surface area contributed by atoms with E-state index in [2.05, 4.69) is 10.3 Å². The molecule has 0 atom stereocenters. The topological polar surface area (TPSA) is 24.4 Å². The summed E-state index contributed by atoms with van der Waals surface area (Å²) in [6.45, 7) is 0. The van der Waals surface area contributed by atoms with E-state index in [0.29, 0.717) is 0 Å². The van der Waals surface area contributed by atoms with E-state index in [9.17, 15) is 0 Å². The predicted octanol–water partition coefficient (Wildman–Crippen LogP) is 0.842. The highest BCUT2D eigenvalue weighted by Crippen LogP contribution is 1.57. The van der Waals surface area contributed by atoms with Crippen molar-refractivity contribution in [2.24, 2.45) is 4.99 Å². The first-order valence-corrected chi connectivity index (χ1v) is 2.16. The molecular weight excluding hydrogens is 124 g/mol. The molecule has 0 saturated heterocycles. The zero-order chi connectivity index (χ0) is 5.54. The molecule has 48 valence electrons. The summed E-state index contributed by atoms with van der Waals surface area (Å²) in [5.41, 5.74) is 0. The van der Waals surface area contributed by atoms with Gasteiger partial charge in [-0.25, -0.2) is 0 Å².